The minimum absolute atomic E-state index is 0.109. The second-order valence-corrected chi connectivity index (χ2v) is 4.59. The van der Waals surface area contributed by atoms with Crippen molar-refractivity contribution in [3.05, 3.63) is 11.7 Å². The van der Waals surface area contributed by atoms with Gasteiger partial charge in [0.2, 0.25) is 11.8 Å². The van der Waals surface area contributed by atoms with E-state index in [1.807, 2.05) is 0 Å². The predicted molar refractivity (Wildman–Crippen MR) is 66.8 cm³/mol. The summed E-state index contributed by atoms with van der Waals surface area (Å²) in [5.74, 6) is 0.352. The number of carbonyl (C=O) groups is 1. The number of nitrogens with one attached hydrogen (secondary N) is 1. The van der Waals surface area contributed by atoms with Gasteiger partial charge < -0.3 is 25.5 Å². The zero-order valence-electron chi connectivity index (χ0n) is 11.1. The molecule has 1 aliphatic heterocycles. The lowest BCUT2D eigenvalue weighted by molar-refractivity contribution is -0.131. The van der Waals surface area contributed by atoms with Crippen molar-refractivity contribution >= 4 is 11.7 Å². The van der Waals surface area contributed by atoms with Crippen LogP contribution < -0.4 is 11.1 Å². The fourth-order valence-electron chi connectivity index (χ4n) is 2.16. The number of ether oxygens (including phenoxy) is 1. The molecule has 2 heterocycles. The third-order valence-electron chi connectivity index (χ3n) is 3.36. The van der Waals surface area contributed by atoms with Crippen LogP contribution in [0.25, 0.3) is 0 Å². The maximum absolute atomic E-state index is 12.4. The minimum Gasteiger partial charge on any atom is -0.409 e. The fraction of sp³-hybridized carbons (Fsp3) is 0.636. The van der Waals surface area contributed by atoms with Gasteiger partial charge in [-0.3, -0.25) is 4.79 Å². The normalized spacial score (nSPS) is 18.8. The van der Waals surface area contributed by atoms with E-state index < -0.39 is 5.41 Å². The molecule has 0 aliphatic carbocycles. The van der Waals surface area contributed by atoms with Gasteiger partial charge >= 0.3 is 0 Å². The summed E-state index contributed by atoms with van der Waals surface area (Å²) in [5.41, 5.74) is 4.64. The van der Waals surface area contributed by atoms with E-state index in [-0.39, 0.29) is 18.3 Å². The first-order valence-electron chi connectivity index (χ1n) is 6.22. The van der Waals surface area contributed by atoms with Gasteiger partial charge in [0.15, 0.2) is 11.7 Å². The predicted octanol–water partition coefficient (Wildman–Crippen LogP) is -0.463. The average Bonchev–Trinajstić information content (AvgIpc) is 2.90. The number of carbonyl (C=O) groups excluding carboxylic acids is 1. The third-order valence-corrected chi connectivity index (χ3v) is 3.36. The standard InChI is InChI=1S/C11H17N5O4/c1-7-14-8(16-20-7)6-13-10(17)11(9(12)15-18)2-4-19-5-3-11/h18H,2-6H2,1H3,(H2,12,15)(H,13,17). The monoisotopic (exact) mass is 283 g/mol. The Balaban J connectivity index is 2.07. The molecule has 0 bridgehead atoms. The summed E-state index contributed by atoms with van der Waals surface area (Å²) < 4.78 is 10.0. The number of hydrogen-bond donors (Lipinski definition) is 3. The van der Waals surface area contributed by atoms with Gasteiger partial charge in [0.1, 0.15) is 5.41 Å². The molecular weight excluding hydrogens is 266 g/mol. The van der Waals surface area contributed by atoms with Crippen LogP contribution in [0.3, 0.4) is 0 Å². The van der Waals surface area contributed by atoms with E-state index in [2.05, 4.69) is 20.6 Å². The van der Waals surface area contributed by atoms with E-state index in [0.717, 1.165) is 0 Å². The Morgan fingerprint density at radius 1 is 1.55 bits per heavy atom. The van der Waals surface area contributed by atoms with Crippen LogP contribution in [0.1, 0.15) is 24.6 Å². The molecule has 9 nitrogen and oxygen atoms in total. The number of aromatic nitrogens is 2. The van der Waals surface area contributed by atoms with Crippen molar-refractivity contribution in [3.8, 4) is 0 Å². The van der Waals surface area contributed by atoms with Crippen molar-refractivity contribution in [2.75, 3.05) is 13.2 Å². The van der Waals surface area contributed by atoms with Crippen LogP contribution in [0.4, 0.5) is 0 Å². The summed E-state index contributed by atoms with van der Waals surface area (Å²) in [6, 6.07) is 0. The van der Waals surface area contributed by atoms with E-state index in [1.54, 1.807) is 6.92 Å². The molecule has 0 aromatic carbocycles. The van der Waals surface area contributed by atoms with Crippen molar-refractivity contribution < 1.29 is 19.3 Å². The quantitative estimate of drug-likeness (QED) is 0.294. The van der Waals surface area contributed by atoms with Crippen LogP contribution in [-0.2, 0) is 16.1 Å². The molecule has 1 aliphatic rings. The SMILES string of the molecule is Cc1nc(CNC(=O)C2(C(N)=NO)CCOCC2)no1. The number of rotatable bonds is 4. The highest BCUT2D eigenvalue weighted by atomic mass is 16.5. The molecule has 110 valence electrons. The molecule has 1 saturated heterocycles. The Morgan fingerprint density at radius 3 is 2.80 bits per heavy atom. The Bertz CT molecular complexity index is 507. The zero-order valence-corrected chi connectivity index (χ0v) is 11.1. The van der Waals surface area contributed by atoms with E-state index in [0.29, 0.717) is 37.8 Å². The van der Waals surface area contributed by atoms with Crippen LogP contribution in [0, 0.1) is 12.3 Å². The van der Waals surface area contributed by atoms with Crippen molar-refractivity contribution in [2.45, 2.75) is 26.3 Å². The van der Waals surface area contributed by atoms with Crippen molar-refractivity contribution in [3.63, 3.8) is 0 Å². The first-order chi connectivity index (χ1) is 9.58. The third kappa shape index (κ3) is 2.72. The highest BCUT2D eigenvalue weighted by Gasteiger charge is 2.44. The molecule has 2 rings (SSSR count). The van der Waals surface area contributed by atoms with Crippen LogP contribution in [-0.4, -0.2) is 40.3 Å². The van der Waals surface area contributed by atoms with E-state index in [9.17, 15) is 4.79 Å². The summed E-state index contributed by atoms with van der Waals surface area (Å²) in [5, 5.41) is 18.3. The Morgan fingerprint density at radius 2 is 2.25 bits per heavy atom. The molecule has 0 unspecified atom stereocenters. The first-order valence-corrected chi connectivity index (χ1v) is 6.22. The van der Waals surface area contributed by atoms with Crippen molar-refractivity contribution in [1.29, 1.82) is 0 Å². The molecule has 1 fully saturated rings. The molecule has 1 aromatic heterocycles. The largest absolute Gasteiger partial charge is 0.409 e. The molecular formula is C11H17N5O4. The minimum atomic E-state index is -1.05. The highest BCUT2D eigenvalue weighted by Crippen LogP contribution is 2.31. The molecule has 0 atom stereocenters. The number of amidine groups is 1. The maximum Gasteiger partial charge on any atom is 0.234 e. The molecule has 0 spiro atoms. The van der Waals surface area contributed by atoms with Crippen molar-refractivity contribution in [1.82, 2.24) is 15.5 Å². The number of amides is 1. The number of nitrogens with two attached hydrogens (primary N) is 1. The van der Waals surface area contributed by atoms with Crippen LogP contribution in [0.15, 0.2) is 9.68 Å². The van der Waals surface area contributed by atoms with Gasteiger partial charge in [-0.1, -0.05) is 10.3 Å². The lowest BCUT2D eigenvalue weighted by Gasteiger charge is -2.34. The molecule has 20 heavy (non-hydrogen) atoms. The van der Waals surface area contributed by atoms with Gasteiger partial charge in [0.05, 0.1) is 6.54 Å². The molecule has 1 aromatic rings. The summed E-state index contributed by atoms with van der Waals surface area (Å²) in [6.07, 6.45) is 0.722. The van der Waals surface area contributed by atoms with Crippen molar-refractivity contribution in [2.24, 2.45) is 16.3 Å². The van der Waals surface area contributed by atoms with Gasteiger partial charge in [-0.15, -0.1) is 0 Å². The summed E-state index contributed by atoms with van der Waals surface area (Å²) >= 11 is 0. The van der Waals surface area contributed by atoms with E-state index in [4.69, 9.17) is 20.2 Å². The van der Waals surface area contributed by atoms with Gasteiger partial charge in [0, 0.05) is 20.1 Å². The lowest BCUT2D eigenvalue weighted by atomic mass is 9.78. The molecule has 0 saturated carbocycles. The summed E-state index contributed by atoms with van der Waals surface area (Å²) in [6.45, 7) is 2.54. The lowest BCUT2D eigenvalue weighted by Crippen LogP contribution is -2.52. The number of hydrogen-bond acceptors (Lipinski definition) is 7. The molecule has 0 radical (unpaired) electrons. The second kappa shape index (κ2) is 5.87. The number of aryl methyl sites for hydroxylation is 1. The Hall–Kier alpha value is -2.16. The van der Waals surface area contributed by atoms with Gasteiger partial charge in [-0.2, -0.15) is 4.98 Å². The fourth-order valence-corrected chi connectivity index (χ4v) is 2.16. The molecule has 9 heteroatoms. The average molecular weight is 283 g/mol. The highest BCUT2D eigenvalue weighted by molar-refractivity contribution is 6.06. The maximum atomic E-state index is 12.4. The zero-order chi connectivity index (χ0) is 14.6. The second-order valence-electron chi connectivity index (χ2n) is 4.59. The van der Waals surface area contributed by atoms with Gasteiger partial charge in [-0.05, 0) is 12.8 Å². The van der Waals surface area contributed by atoms with Gasteiger partial charge in [0.25, 0.3) is 0 Å². The van der Waals surface area contributed by atoms with E-state index >= 15 is 0 Å². The molecule has 1 amide bonds. The summed E-state index contributed by atoms with van der Waals surface area (Å²) in [4.78, 5) is 16.4. The smallest absolute Gasteiger partial charge is 0.234 e. The Kier molecular flexibility index (Phi) is 4.18. The van der Waals surface area contributed by atoms with Crippen LogP contribution >= 0.6 is 0 Å². The molecule has 4 N–H and O–H groups in total. The van der Waals surface area contributed by atoms with E-state index in [1.165, 1.54) is 0 Å². The topological polar surface area (TPSA) is 136 Å². The van der Waals surface area contributed by atoms with Crippen LogP contribution in [0.5, 0.6) is 0 Å². The van der Waals surface area contributed by atoms with Gasteiger partial charge in [-0.25, -0.2) is 0 Å². The summed E-state index contributed by atoms with van der Waals surface area (Å²) in [7, 11) is 0. The number of oxime groups is 1. The first kappa shape index (κ1) is 14.3. The van der Waals surface area contributed by atoms with Crippen LogP contribution in [0.2, 0.25) is 0 Å². The number of nitrogens with zero attached hydrogens (tertiary/aromatic N) is 3. The Labute approximate surface area is 115 Å².